The van der Waals surface area contributed by atoms with E-state index in [4.69, 9.17) is 0 Å². The van der Waals surface area contributed by atoms with Crippen LogP contribution in [0.3, 0.4) is 0 Å². The van der Waals surface area contributed by atoms with Gasteiger partial charge in [-0.1, -0.05) is 26.0 Å². The van der Waals surface area contributed by atoms with Crippen molar-refractivity contribution in [3.05, 3.63) is 12.2 Å². The van der Waals surface area contributed by atoms with Crippen LogP contribution in [0.15, 0.2) is 12.2 Å². The lowest BCUT2D eigenvalue weighted by molar-refractivity contribution is -0.122. The van der Waals surface area contributed by atoms with Crippen molar-refractivity contribution in [2.45, 2.75) is 39.2 Å². The van der Waals surface area contributed by atoms with E-state index >= 15 is 0 Å². The maximum absolute atomic E-state index is 11.5. The minimum Gasteiger partial charge on any atom is -0.391 e. The molecular formula is C12H21NO2. The maximum Gasteiger partial charge on any atom is 0.220 e. The number of nitrogens with one attached hydrogen (secondary N) is 1. The molecule has 3 nitrogen and oxygen atoms in total. The molecule has 2 unspecified atom stereocenters. The summed E-state index contributed by atoms with van der Waals surface area (Å²) in [5.74, 6) is 0.643. The number of hydrogen-bond donors (Lipinski definition) is 2. The van der Waals surface area contributed by atoms with Crippen molar-refractivity contribution in [3.8, 4) is 0 Å². The van der Waals surface area contributed by atoms with Crippen molar-refractivity contribution in [1.29, 1.82) is 0 Å². The van der Waals surface area contributed by atoms with Crippen molar-refractivity contribution < 1.29 is 9.90 Å². The van der Waals surface area contributed by atoms with E-state index in [9.17, 15) is 9.90 Å². The zero-order chi connectivity index (χ0) is 11.3. The number of carbonyl (C=O) groups is 1. The highest BCUT2D eigenvalue weighted by Gasteiger charge is 2.15. The quantitative estimate of drug-likeness (QED) is 0.677. The van der Waals surface area contributed by atoms with Gasteiger partial charge in [-0.15, -0.1) is 0 Å². The molecule has 1 amide bonds. The lowest BCUT2D eigenvalue weighted by atomic mass is 10.0. The van der Waals surface area contributed by atoms with Crippen LogP contribution in [0.25, 0.3) is 0 Å². The molecule has 0 saturated heterocycles. The first-order chi connectivity index (χ1) is 7.09. The Hall–Kier alpha value is -0.830. The molecule has 0 radical (unpaired) electrons. The number of aliphatic hydroxyl groups is 1. The van der Waals surface area contributed by atoms with Gasteiger partial charge in [0.25, 0.3) is 0 Å². The molecule has 0 bridgehead atoms. The minimum absolute atomic E-state index is 0.0475. The number of allylic oxidation sites excluding steroid dienone is 2. The molecule has 0 spiro atoms. The molecule has 0 aliphatic heterocycles. The molecule has 0 saturated carbocycles. The lowest BCUT2D eigenvalue weighted by Gasteiger charge is -2.15. The Bertz CT molecular complexity index is 236. The van der Waals surface area contributed by atoms with Gasteiger partial charge in [0.1, 0.15) is 0 Å². The molecule has 86 valence electrons. The van der Waals surface area contributed by atoms with Crippen molar-refractivity contribution >= 4 is 5.91 Å². The van der Waals surface area contributed by atoms with E-state index in [0.717, 1.165) is 12.8 Å². The standard InChI is InChI=1S/C12H21NO2/c1-9(2)11(14)8-13-12(15)7-10-5-3-4-6-10/h3,5,9-11,14H,4,6-8H2,1-2H3,(H,13,15). The van der Waals surface area contributed by atoms with Gasteiger partial charge in [0, 0.05) is 13.0 Å². The average molecular weight is 211 g/mol. The SMILES string of the molecule is CC(C)C(O)CNC(=O)CC1C=CCC1. The van der Waals surface area contributed by atoms with Crippen molar-refractivity contribution in [2.24, 2.45) is 11.8 Å². The topological polar surface area (TPSA) is 49.3 Å². The molecule has 2 N–H and O–H groups in total. The number of carbonyl (C=O) groups excluding carboxylic acids is 1. The van der Waals surface area contributed by atoms with E-state index in [0.29, 0.717) is 18.9 Å². The number of aliphatic hydroxyl groups excluding tert-OH is 1. The van der Waals surface area contributed by atoms with E-state index in [-0.39, 0.29) is 11.8 Å². The van der Waals surface area contributed by atoms with E-state index in [1.54, 1.807) is 0 Å². The Balaban J connectivity index is 2.15. The first-order valence-corrected chi connectivity index (χ1v) is 5.71. The molecule has 0 aromatic rings. The highest BCUT2D eigenvalue weighted by atomic mass is 16.3. The average Bonchev–Trinajstić information content (AvgIpc) is 2.66. The Labute approximate surface area is 91.6 Å². The number of hydrogen-bond acceptors (Lipinski definition) is 2. The minimum atomic E-state index is -0.437. The molecule has 0 fully saturated rings. The van der Waals surface area contributed by atoms with E-state index in [2.05, 4.69) is 17.5 Å². The fourth-order valence-electron chi connectivity index (χ4n) is 1.63. The smallest absolute Gasteiger partial charge is 0.220 e. The molecule has 1 aliphatic rings. The van der Waals surface area contributed by atoms with Crippen LogP contribution in [-0.2, 0) is 4.79 Å². The second-order valence-corrected chi connectivity index (χ2v) is 4.59. The van der Waals surface area contributed by atoms with E-state index < -0.39 is 6.10 Å². The third kappa shape index (κ3) is 4.47. The van der Waals surface area contributed by atoms with Gasteiger partial charge < -0.3 is 10.4 Å². The van der Waals surface area contributed by atoms with Gasteiger partial charge >= 0.3 is 0 Å². The summed E-state index contributed by atoms with van der Waals surface area (Å²) >= 11 is 0. The largest absolute Gasteiger partial charge is 0.391 e. The predicted molar refractivity (Wildman–Crippen MR) is 60.3 cm³/mol. The summed E-state index contributed by atoms with van der Waals surface area (Å²) in [7, 11) is 0. The Morgan fingerprint density at radius 3 is 2.87 bits per heavy atom. The van der Waals surface area contributed by atoms with Crippen LogP contribution in [0.1, 0.15) is 33.1 Å². The van der Waals surface area contributed by atoms with Crippen LogP contribution in [0.2, 0.25) is 0 Å². The summed E-state index contributed by atoms with van der Waals surface area (Å²) in [5.41, 5.74) is 0. The van der Waals surface area contributed by atoms with Gasteiger partial charge in [-0.3, -0.25) is 4.79 Å². The third-order valence-corrected chi connectivity index (χ3v) is 2.84. The normalized spacial score (nSPS) is 22.0. The fourth-order valence-corrected chi connectivity index (χ4v) is 1.63. The molecule has 0 aromatic heterocycles. The predicted octanol–water partition coefficient (Wildman–Crippen LogP) is 1.48. The Morgan fingerprint density at radius 2 is 2.33 bits per heavy atom. The fraction of sp³-hybridized carbons (Fsp3) is 0.750. The van der Waals surface area contributed by atoms with Gasteiger partial charge in [-0.25, -0.2) is 0 Å². The van der Waals surface area contributed by atoms with Crippen molar-refractivity contribution in [1.82, 2.24) is 5.32 Å². The lowest BCUT2D eigenvalue weighted by Crippen LogP contribution is -2.35. The van der Waals surface area contributed by atoms with Crippen LogP contribution in [0.4, 0.5) is 0 Å². The summed E-state index contributed by atoms with van der Waals surface area (Å²) in [6.45, 7) is 4.25. The zero-order valence-electron chi connectivity index (χ0n) is 9.57. The Morgan fingerprint density at radius 1 is 1.60 bits per heavy atom. The summed E-state index contributed by atoms with van der Waals surface area (Å²) in [6.07, 6.45) is 6.53. The molecule has 15 heavy (non-hydrogen) atoms. The Kier molecular flexibility index (Phi) is 4.82. The molecule has 2 atom stereocenters. The first kappa shape index (κ1) is 12.2. The summed E-state index contributed by atoms with van der Waals surface area (Å²) < 4.78 is 0. The summed E-state index contributed by atoms with van der Waals surface area (Å²) in [4.78, 5) is 11.5. The first-order valence-electron chi connectivity index (χ1n) is 5.71. The van der Waals surface area contributed by atoms with Gasteiger partial charge in [0.05, 0.1) is 6.10 Å². The second kappa shape index (κ2) is 5.91. The van der Waals surface area contributed by atoms with Gasteiger partial charge in [-0.05, 0) is 24.7 Å². The molecular weight excluding hydrogens is 190 g/mol. The molecule has 3 heteroatoms. The van der Waals surface area contributed by atoms with Crippen LogP contribution in [0, 0.1) is 11.8 Å². The van der Waals surface area contributed by atoms with Gasteiger partial charge in [0.2, 0.25) is 5.91 Å². The number of amides is 1. The highest BCUT2D eigenvalue weighted by Crippen LogP contribution is 2.19. The van der Waals surface area contributed by atoms with Crippen LogP contribution in [0.5, 0.6) is 0 Å². The molecule has 1 aliphatic carbocycles. The summed E-state index contributed by atoms with van der Waals surface area (Å²) in [6, 6.07) is 0. The van der Waals surface area contributed by atoms with Gasteiger partial charge in [0.15, 0.2) is 0 Å². The van der Waals surface area contributed by atoms with Crippen LogP contribution in [-0.4, -0.2) is 23.7 Å². The molecule has 0 heterocycles. The second-order valence-electron chi connectivity index (χ2n) is 4.59. The van der Waals surface area contributed by atoms with E-state index in [1.165, 1.54) is 0 Å². The maximum atomic E-state index is 11.5. The number of rotatable bonds is 5. The summed E-state index contributed by atoms with van der Waals surface area (Å²) in [5, 5.41) is 12.3. The molecule has 1 rings (SSSR count). The van der Waals surface area contributed by atoms with Crippen LogP contribution >= 0.6 is 0 Å². The zero-order valence-corrected chi connectivity index (χ0v) is 9.57. The van der Waals surface area contributed by atoms with Gasteiger partial charge in [-0.2, -0.15) is 0 Å². The van der Waals surface area contributed by atoms with Crippen molar-refractivity contribution in [2.75, 3.05) is 6.54 Å². The monoisotopic (exact) mass is 211 g/mol. The van der Waals surface area contributed by atoms with Crippen molar-refractivity contribution in [3.63, 3.8) is 0 Å². The van der Waals surface area contributed by atoms with Crippen LogP contribution < -0.4 is 5.32 Å². The highest BCUT2D eigenvalue weighted by molar-refractivity contribution is 5.76. The molecule has 0 aromatic carbocycles. The van der Waals surface area contributed by atoms with E-state index in [1.807, 2.05) is 13.8 Å². The third-order valence-electron chi connectivity index (χ3n) is 2.84.